The molecule has 1 saturated heterocycles. The Balaban J connectivity index is 1.91. The van der Waals surface area contributed by atoms with Crippen molar-refractivity contribution < 1.29 is 9.84 Å². The van der Waals surface area contributed by atoms with Crippen molar-refractivity contribution >= 4 is 0 Å². The highest BCUT2D eigenvalue weighted by atomic mass is 16.6. The van der Waals surface area contributed by atoms with Crippen molar-refractivity contribution in [2.45, 2.75) is 37.4 Å². The molecule has 0 atom stereocenters. The molecule has 0 aromatic heterocycles. The Morgan fingerprint density at radius 2 is 1.89 bits per heavy atom. The van der Waals surface area contributed by atoms with E-state index >= 15 is 0 Å². The van der Waals surface area contributed by atoms with Gasteiger partial charge in [-0.25, -0.2) is 0 Å². The lowest BCUT2D eigenvalue weighted by Gasteiger charge is -2.21. The number of aliphatic hydroxyl groups is 1. The zero-order valence-corrected chi connectivity index (χ0v) is 5.47. The minimum Gasteiger partial charge on any atom is -0.393 e. The van der Waals surface area contributed by atoms with E-state index in [0.717, 1.165) is 32.3 Å². The first-order valence-corrected chi connectivity index (χ1v) is 3.63. The summed E-state index contributed by atoms with van der Waals surface area (Å²) in [5, 5.41) is 9.11. The maximum Gasteiger partial charge on any atom is 0.0918 e. The molecule has 0 unspecified atom stereocenters. The lowest BCUT2D eigenvalue weighted by atomic mass is 9.88. The molecule has 0 bridgehead atoms. The van der Waals surface area contributed by atoms with Gasteiger partial charge in [-0.15, -0.1) is 0 Å². The fourth-order valence-corrected chi connectivity index (χ4v) is 1.52. The van der Waals surface area contributed by atoms with Gasteiger partial charge in [-0.1, -0.05) is 0 Å². The fraction of sp³-hybridized carbons (Fsp3) is 1.00. The number of hydrogen-bond donors (Lipinski definition) is 1. The van der Waals surface area contributed by atoms with Crippen LogP contribution < -0.4 is 0 Å². The van der Waals surface area contributed by atoms with E-state index in [2.05, 4.69) is 0 Å². The largest absolute Gasteiger partial charge is 0.393 e. The molecule has 9 heavy (non-hydrogen) atoms. The van der Waals surface area contributed by atoms with E-state index in [-0.39, 0.29) is 11.7 Å². The number of ether oxygens (including phenoxy) is 1. The van der Waals surface area contributed by atoms with Gasteiger partial charge in [0, 0.05) is 0 Å². The summed E-state index contributed by atoms with van der Waals surface area (Å²) in [5.41, 5.74) is 0.249. The normalized spacial score (nSPS) is 49.7. The SMILES string of the molecule is OC1CCC2(CC1)CO2. The standard InChI is InChI=1S/C7H12O2/c8-6-1-3-7(4-2-6)5-9-7/h6,8H,1-5H2. The average Bonchev–Trinajstić information content (AvgIpc) is 2.60. The summed E-state index contributed by atoms with van der Waals surface area (Å²) in [6, 6.07) is 0. The maximum atomic E-state index is 9.11. The molecular weight excluding hydrogens is 116 g/mol. The number of aliphatic hydroxyl groups excluding tert-OH is 1. The van der Waals surface area contributed by atoms with Gasteiger partial charge in [-0.05, 0) is 25.7 Å². The van der Waals surface area contributed by atoms with Crippen LogP contribution in [0.4, 0.5) is 0 Å². The van der Waals surface area contributed by atoms with Crippen LogP contribution in [0.5, 0.6) is 0 Å². The van der Waals surface area contributed by atoms with E-state index in [1.807, 2.05) is 0 Å². The second-order valence-corrected chi connectivity index (χ2v) is 3.20. The predicted molar refractivity (Wildman–Crippen MR) is 33.2 cm³/mol. The molecule has 2 nitrogen and oxygen atoms in total. The topological polar surface area (TPSA) is 32.8 Å². The van der Waals surface area contributed by atoms with Crippen LogP contribution in [-0.4, -0.2) is 23.4 Å². The summed E-state index contributed by atoms with van der Waals surface area (Å²) in [7, 11) is 0. The molecule has 2 fully saturated rings. The monoisotopic (exact) mass is 128 g/mol. The van der Waals surface area contributed by atoms with Gasteiger partial charge in [-0.2, -0.15) is 0 Å². The van der Waals surface area contributed by atoms with Crippen LogP contribution in [0.2, 0.25) is 0 Å². The van der Waals surface area contributed by atoms with E-state index in [4.69, 9.17) is 9.84 Å². The van der Waals surface area contributed by atoms with Gasteiger partial charge in [0.1, 0.15) is 0 Å². The molecule has 52 valence electrons. The molecule has 0 amide bonds. The Hall–Kier alpha value is -0.0800. The maximum absolute atomic E-state index is 9.11. The molecular formula is C7H12O2. The molecule has 2 heteroatoms. The molecule has 2 aliphatic rings. The molecule has 1 aliphatic carbocycles. The van der Waals surface area contributed by atoms with Gasteiger partial charge < -0.3 is 9.84 Å². The molecule has 0 aromatic rings. The van der Waals surface area contributed by atoms with Gasteiger partial charge in [0.25, 0.3) is 0 Å². The van der Waals surface area contributed by atoms with E-state index in [0.29, 0.717) is 0 Å². The Bertz CT molecular complexity index is 108. The van der Waals surface area contributed by atoms with E-state index < -0.39 is 0 Å². The smallest absolute Gasteiger partial charge is 0.0918 e. The van der Waals surface area contributed by atoms with Gasteiger partial charge in [0.2, 0.25) is 0 Å². The number of hydrogen-bond acceptors (Lipinski definition) is 2. The highest BCUT2D eigenvalue weighted by Gasteiger charge is 2.46. The second-order valence-electron chi connectivity index (χ2n) is 3.20. The van der Waals surface area contributed by atoms with Crippen molar-refractivity contribution in [3.8, 4) is 0 Å². The third-order valence-electron chi connectivity index (χ3n) is 2.42. The summed E-state index contributed by atoms with van der Waals surface area (Å²) >= 11 is 0. The summed E-state index contributed by atoms with van der Waals surface area (Å²) in [6.45, 7) is 0.944. The van der Waals surface area contributed by atoms with Crippen molar-refractivity contribution in [1.29, 1.82) is 0 Å². The first-order chi connectivity index (χ1) is 4.31. The average molecular weight is 128 g/mol. The first-order valence-electron chi connectivity index (χ1n) is 3.63. The molecule has 0 radical (unpaired) electrons. The van der Waals surface area contributed by atoms with Crippen LogP contribution >= 0.6 is 0 Å². The minimum atomic E-state index is -0.0418. The van der Waals surface area contributed by atoms with Crippen LogP contribution in [0.15, 0.2) is 0 Å². The summed E-state index contributed by atoms with van der Waals surface area (Å²) in [4.78, 5) is 0. The minimum absolute atomic E-state index is 0.0418. The zero-order chi connectivity index (χ0) is 6.32. The Morgan fingerprint density at radius 1 is 1.33 bits per heavy atom. The zero-order valence-electron chi connectivity index (χ0n) is 5.47. The quantitative estimate of drug-likeness (QED) is 0.487. The van der Waals surface area contributed by atoms with Crippen LogP contribution in [0.3, 0.4) is 0 Å². The van der Waals surface area contributed by atoms with Crippen LogP contribution in [0, 0.1) is 0 Å². The van der Waals surface area contributed by atoms with Crippen molar-refractivity contribution in [1.82, 2.24) is 0 Å². The van der Waals surface area contributed by atoms with E-state index in [1.165, 1.54) is 0 Å². The lowest BCUT2D eigenvalue weighted by molar-refractivity contribution is 0.0921. The van der Waals surface area contributed by atoms with Crippen molar-refractivity contribution in [3.63, 3.8) is 0 Å². The van der Waals surface area contributed by atoms with Gasteiger partial charge >= 0.3 is 0 Å². The van der Waals surface area contributed by atoms with Crippen LogP contribution in [-0.2, 0) is 4.74 Å². The van der Waals surface area contributed by atoms with E-state index in [9.17, 15) is 0 Å². The van der Waals surface area contributed by atoms with Gasteiger partial charge in [0.15, 0.2) is 0 Å². The Labute approximate surface area is 54.8 Å². The molecule has 1 saturated carbocycles. The summed E-state index contributed by atoms with van der Waals surface area (Å²) < 4.78 is 5.27. The molecule has 2 rings (SSSR count). The highest BCUT2D eigenvalue weighted by Crippen LogP contribution is 2.41. The lowest BCUT2D eigenvalue weighted by Crippen LogP contribution is -2.24. The fourth-order valence-electron chi connectivity index (χ4n) is 1.52. The molecule has 0 aromatic carbocycles. The van der Waals surface area contributed by atoms with Gasteiger partial charge in [0.05, 0.1) is 18.3 Å². The highest BCUT2D eigenvalue weighted by molar-refractivity contribution is 4.95. The number of epoxide rings is 1. The molecule has 1 spiro atoms. The van der Waals surface area contributed by atoms with Gasteiger partial charge in [-0.3, -0.25) is 0 Å². The third-order valence-corrected chi connectivity index (χ3v) is 2.42. The third kappa shape index (κ3) is 0.970. The van der Waals surface area contributed by atoms with Crippen LogP contribution in [0.25, 0.3) is 0 Å². The van der Waals surface area contributed by atoms with Crippen molar-refractivity contribution in [2.75, 3.05) is 6.61 Å². The predicted octanol–water partition coefficient (Wildman–Crippen LogP) is 0.690. The summed E-state index contributed by atoms with van der Waals surface area (Å²) in [5.74, 6) is 0. The Kier molecular flexibility index (Phi) is 1.08. The summed E-state index contributed by atoms with van der Waals surface area (Å²) in [6.07, 6.45) is 4.00. The van der Waals surface area contributed by atoms with Crippen molar-refractivity contribution in [2.24, 2.45) is 0 Å². The second kappa shape index (κ2) is 1.70. The molecule has 1 heterocycles. The number of rotatable bonds is 0. The van der Waals surface area contributed by atoms with Crippen LogP contribution in [0.1, 0.15) is 25.7 Å². The van der Waals surface area contributed by atoms with Crippen molar-refractivity contribution in [3.05, 3.63) is 0 Å². The Morgan fingerprint density at radius 3 is 2.33 bits per heavy atom. The molecule has 1 N–H and O–H groups in total. The molecule has 1 aliphatic heterocycles. The first kappa shape index (κ1) is 5.69. The van der Waals surface area contributed by atoms with E-state index in [1.54, 1.807) is 0 Å².